The van der Waals surface area contributed by atoms with Crippen LogP contribution in [0.15, 0.2) is 53.4 Å². The van der Waals surface area contributed by atoms with E-state index in [2.05, 4.69) is 17.0 Å². The highest BCUT2D eigenvalue weighted by atomic mass is 35.5. The molecule has 1 saturated heterocycles. The number of rotatable bonds is 4. The number of carbonyl (C=O) groups is 1. The first-order valence-electron chi connectivity index (χ1n) is 8.90. The van der Waals surface area contributed by atoms with Crippen molar-refractivity contribution in [2.75, 3.05) is 32.4 Å². The average Bonchev–Trinajstić information content (AvgIpc) is 2.87. The molecule has 5 nitrogen and oxygen atoms in total. The van der Waals surface area contributed by atoms with Gasteiger partial charge in [-0.05, 0) is 30.2 Å². The number of carbonyl (C=O) groups excluding carboxylic acids is 1. The van der Waals surface area contributed by atoms with Crippen molar-refractivity contribution in [1.29, 1.82) is 0 Å². The molecule has 2 aromatic rings. The van der Waals surface area contributed by atoms with Crippen molar-refractivity contribution in [1.82, 2.24) is 9.80 Å². The SMILES string of the molecule is CS(=O)(=O)c1ccc(Cl)c(C(=O)N2CCCN(Cc3ccccc3)CC2)c1. The van der Waals surface area contributed by atoms with Crippen molar-refractivity contribution in [3.05, 3.63) is 64.7 Å². The first kappa shape index (κ1) is 19.9. The zero-order valence-corrected chi connectivity index (χ0v) is 16.8. The van der Waals surface area contributed by atoms with Crippen LogP contribution < -0.4 is 0 Å². The summed E-state index contributed by atoms with van der Waals surface area (Å²) >= 11 is 6.18. The zero-order chi connectivity index (χ0) is 19.4. The van der Waals surface area contributed by atoms with E-state index in [9.17, 15) is 13.2 Å². The molecule has 2 aromatic carbocycles. The number of hydrogen-bond donors (Lipinski definition) is 0. The Morgan fingerprint density at radius 1 is 1.04 bits per heavy atom. The van der Waals surface area contributed by atoms with Gasteiger partial charge >= 0.3 is 0 Å². The first-order valence-corrected chi connectivity index (χ1v) is 11.2. The molecular weight excluding hydrogens is 384 g/mol. The minimum atomic E-state index is -3.39. The number of sulfone groups is 1. The molecule has 0 aliphatic carbocycles. The summed E-state index contributed by atoms with van der Waals surface area (Å²) < 4.78 is 23.6. The molecule has 1 amide bonds. The van der Waals surface area contributed by atoms with Gasteiger partial charge in [-0.25, -0.2) is 8.42 Å². The Morgan fingerprint density at radius 2 is 1.78 bits per heavy atom. The van der Waals surface area contributed by atoms with Crippen LogP contribution in [0.3, 0.4) is 0 Å². The van der Waals surface area contributed by atoms with Crippen LogP contribution in [0.1, 0.15) is 22.3 Å². The van der Waals surface area contributed by atoms with Gasteiger partial charge in [-0.2, -0.15) is 0 Å². The van der Waals surface area contributed by atoms with Crippen molar-refractivity contribution >= 4 is 27.3 Å². The third kappa shape index (κ3) is 5.09. The van der Waals surface area contributed by atoms with Crippen LogP contribution in [0, 0.1) is 0 Å². The molecule has 0 aromatic heterocycles. The number of benzene rings is 2. The summed E-state index contributed by atoms with van der Waals surface area (Å²) in [7, 11) is -3.39. The lowest BCUT2D eigenvalue weighted by Gasteiger charge is -2.22. The summed E-state index contributed by atoms with van der Waals surface area (Å²) in [6, 6.07) is 14.5. The topological polar surface area (TPSA) is 57.7 Å². The summed E-state index contributed by atoms with van der Waals surface area (Å²) in [4.78, 5) is 17.1. The van der Waals surface area contributed by atoms with Gasteiger partial charge in [-0.1, -0.05) is 41.9 Å². The fourth-order valence-corrected chi connectivity index (χ4v) is 4.09. The van der Waals surface area contributed by atoms with E-state index < -0.39 is 9.84 Å². The van der Waals surface area contributed by atoms with Gasteiger partial charge in [0.05, 0.1) is 15.5 Å². The Hall–Kier alpha value is -1.89. The van der Waals surface area contributed by atoms with E-state index in [0.29, 0.717) is 13.1 Å². The maximum Gasteiger partial charge on any atom is 0.255 e. The molecule has 0 saturated carbocycles. The van der Waals surface area contributed by atoms with Crippen LogP contribution in [-0.2, 0) is 16.4 Å². The highest BCUT2D eigenvalue weighted by Gasteiger charge is 2.23. The van der Waals surface area contributed by atoms with E-state index in [0.717, 1.165) is 32.3 Å². The summed E-state index contributed by atoms with van der Waals surface area (Å²) in [5.41, 5.74) is 1.50. The number of halogens is 1. The summed E-state index contributed by atoms with van der Waals surface area (Å²) in [6.45, 7) is 3.75. The van der Waals surface area contributed by atoms with Gasteiger partial charge in [0.2, 0.25) is 0 Å². The smallest absolute Gasteiger partial charge is 0.255 e. The summed E-state index contributed by atoms with van der Waals surface area (Å²) in [5, 5.41) is 0.276. The van der Waals surface area contributed by atoms with Gasteiger partial charge in [-0.3, -0.25) is 9.69 Å². The second-order valence-corrected chi connectivity index (χ2v) is 9.24. The number of hydrogen-bond acceptors (Lipinski definition) is 4. The van der Waals surface area contributed by atoms with Crippen LogP contribution in [0.5, 0.6) is 0 Å². The predicted octanol–water partition coefficient (Wildman–Crippen LogP) is 3.09. The molecular formula is C20H23ClN2O3S. The maximum atomic E-state index is 12.9. The standard InChI is InChI=1S/C20H23ClN2O3S/c1-27(25,26)17-8-9-19(21)18(14-17)20(24)23-11-5-10-22(12-13-23)15-16-6-3-2-4-7-16/h2-4,6-9,14H,5,10-13,15H2,1H3. The maximum absolute atomic E-state index is 12.9. The number of nitrogens with zero attached hydrogens (tertiary/aromatic N) is 2. The third-order valence-electron chi connectivity index (χ3n) is 4.72. The van der Waals surface area contributed by atoms with Crippen LogP contribution in [-0.4, -0.2) is 56.6 Å². The van der Waals surface area contributed by atoms with Crippen molar-refractivity contribution in [2.45, 2.75) is 17.9 Å². The molecule has 1 aliphatic rings. The second-order valence-electron chi connectivity index (χ2n) is 6.82. The highest BCUT2D eigenvalue weighted by Crippen LogP contribution is 2.23. The van der Waals surface area contributed by atoms with Crippen molar-refractivity contribution in [3.63, 3.8) is 0 Å². The lowest BCUT2D eigenvalue weighted by molar-refractivity contribution is 0.0761. The molecule has 144 valence electrons. The summed E-state index contributed by atoms with van der Waals surface area (Å²) in [6.07, 6.45) is 1.99. The fourth-order valence-electron chi connectivity index (χ4n) is 3.24. The predicted molar refractivity (Wildman–Crippen MR) is 107 cm³/mol. The average molecular weight is 407 g/mol. The van der Waals surface area contributed by atoms with Gasteiger partial charge < -0.3 is 4.90 Å². The largest absolute Gasteiger partial charge is 0.337 e. The monoisotopic (exact) mass is 406 g/mol. The van der Waals surface area contributed by atoms with E-state index in [1.165, 1.54) is 23.8 Å². The van der Waals surface area contributed by atoms with Crippen LogP contribution in [0.2, 0.25) is 5.02 Å². The first-order chi connectivity index (χ1) is 12.8. The Kier molecular flexibility index (Phi) is 6.19. The molecule has 0 unspecified atom stereocenters. The molecule has 1 heterocycles. The molecule has 0 radical (unpaired) electrons. The molecule has 1 fully saturated rings. The van der Waals surface area contributed by atoms with Crippen LogP contribution in [0.4, 0.5) is 0 Å². The lowest BCUT2D eigenvalue weighted by Crippen LogP contribution is -2.35. The van der Waals surface area contributed by atoms with E-state index in [4.69, 9.17) is 11.6 Å². The van der Waals surface area contributed by atoms with Gasteiger partial charge in [0.25, 0.3) is 5.91 Å². The minimum absolute atomic E-state index is 0.107. The zero-order valence-electron chi connectivity index (χ0n) is 15.3. The normalized spacial score (nSPS) is 16.1. The molecule has 1 aliphatic heterocycles. The molecule has 0 atom stereocenters. The number of amides is 1. The van der Waals surface area contributed by atoms with Gasteiger partial charge in [0, 0.05) is 39.0 Å². The van der Waals surface area contributed by atoms with Crippen molar-refractivity contribution in [2.24, 2.45) is 0 Å². The molecule has 27 heavy (non-hydrogen) atoms. The quantitative estimate of drug-likeness (QED) is 0.782. The molecule has 7 heteroatoms. The minimum Gasteiger partial charge on any atom is -0.337 e. The fraction of sp³-hybridized carbons (Fsp3) is 0.350. The molecule has 0 N–H and O–H groups in total. The Labute approximate surface area is 165 Å². The summed E-state index contributed by atoms with van der Waals surface area (Å²) in [5.74, 6) is -0.216. The van der Waals surface area contributed by atoms with Gasteiger partial charge in [-0.15, -0.1) is 0 Å². The Bertz CT molecular complexity index is 916. The molecule has 0 spiro atoms. The van der Waals surface area contributed by atoms with Crippen molar-refractivity contribution in [3.8, 4) is 0 Å². The van der Waals surface area contributed by atoms with Gasteiger partial charge in [0.15, 0.2) is 9.84 Å². The lowest BCUT2D eigenvalue weighted by atomic mass is 10.2. The molecule has 0 bridgehead atoms. The Balaban J connectivity index is 1.71. The Morgan fingerprint density at radius 3 is 2.48 bits per heavy atom. The van der Waals surface area contributed by atoms with Gasteiger partial charge in [0.1, 0.15) is 0 Å². The van der Waals surface area contributed by atoms with Crippen LogP contribution in [0.25, 0.3) is 0 Å². The third-order valence-corrected chi connectivity index (χ3v) is 6.16. The van der Waals surface area contributed by atoms with E-state index >= 15 is 0 Å². The van der Waals surface area contributed by atoms with Crippen LogP contribution >= 0.6 is 11.6 Å². The second kappa shape index (κ2) is 8.42. The molecule has 3 rings (SSSR count). The van der Waals surface area contributed by atoms with E-state index in [1.807, 2.05) is 18.2 Å². The van der Waals surface area contributed by atoms with E-state index in [1.54, 1.807) is 4.90 Å². The highest BCUT2D eigenvalue weighted by molar-refractivity contribution is 7.90. The van der Waals surface area contributed by atoms with E-state index in [-0.39, 0.29) is 21.4 Å². The van der Waals surface area contributed by atoms with Crippen molar-refractivity contribution < 1.29 is 13.2 Å².